The van der Waals surface area contributed by atoms with Crippen LogP contribution in [0.25, 0.3) is 0 Å². The van der Waals surface area contributed by atoms with Gasteiger partial charge in [0.25, 0.3) is 5.91 Å². The number of carbonyl (C=O) groups is 1. The van der Waals surface area contributed by atoms with Crippen molar-refractivity contribution in [3.8, 4) is 0 Å². The topological polar surface area (TPSA) is 38.0 Å². The first-order valence-electron chi connectivity index (χ1n) is 8.49. The lowest BCUT2D eigenvalue weighted by molar-refractivity contribution is -1.02. The summed E-state index contributed by atoms with van der Waals surface area (Å²) in [6, 6.07) is 9.13. The Morgan fingerprint density at radius 1 is 1.09 bits per heavy atom. The van der Waals surface area contributed by atoms with Gasteiger partial charge in [-0.15, -0.1) is 0 Å². The number of rotatable bonds is 5. The maximum absolute atomic E-state index is 11.7. The highest BCUT2D eigenvalue weighted by Crippen LogP contribution is 2.14. The van der Waals surface area contributed by atoms with Gasteiger partial charge in [-0.3, -0.25) is 4.79 Å². The van der Waals surface area contributed by atoms with Crippen LogP contribution in [-0.4, -0.2) is 45.2 Å². The molecule has 1 aliphatic rings. The van der Waals surface area contributed by atoms with E-state index in [0.29, 0.717) is 5.92 Å². The minimum absolute atomic E-state index is 0.0666. The van der Waals surface area contributed by atoms with Gasteiger partial charge in [0, 0.05) is 12.6 Å². The van der Waals surface area contributed by atoms with Crippen molar-refractivity contribution in [2.45, 2.75) is 39.3 Å². The number of carbonyl (C=O) groups excluding carboxylic acids is 1. The summed E-state index contributed by atoms with van der Waals surface area (Å²) in [5.74, 6) is 0.752. The van der Waals surface area contributed by atoms with Crippen LogP contribution in [0.2, 0.25) is 0 Å². The molecule has 1 aliphatic heterocycles. The van der Waals surface area contributed by atoms with Crippen LogP contribution >= 0.6 is 0 Å². The number of amides is 1. The summed E-state index contributed by atoms with van der Waals surface area (Å²) < 4.78 is 0. The Bertz CT molecular complexity index is 476. The van der Waals surface area contributed by atoms with Gasteiger partial charge in [0.05, 0.1) is 0 Å². The molecule has 0 spiro atoms. The first-order valence-corrected chi connectivity index (χ1v) is 8.49. The zero-order valence-corrected chi connectivity index (χ0v) is 14.4. The minimum Gasteiger partial charge on any atom is -0.354 e. The first-order chi connectivity index (χ1) is 10.5. The maximum Gasteiger partial charge on any atom is 0.277 e. The molecule has 1 saturated heterocycles. The second-order valence-corrected chi connectivity index (χ2v) is 6.82. The van der Waals surface area contributed by atoms with Crippen LogP contribution < -0.4 is 15.1 Å². The average Bonchev–Trinajstić information content (AvgIpc) is 2.54. The third-order valence-corrected chi connectivity index (χ3v) is 4.95. The van der Waals surface area contributed by atoms with Crippen LogP contribution in [0.5, 0.6) is 0 Å². The summed E-state index contributed by atoms with van der Waals surface area (Å²) in [5.41, 5.74) is 2.83. The van der Waals surface area contributed by atoms with Gasteiger partial charge in [-0.25, -0.2) is 0 Å². The molecule has 2 rings (SSSR count). The van der Waals surface area contributed by atoms with E-state index < -0.39 is 0 Å². The molecule has 0 aromatic heterocycles. The highest BCUT2D eigenvalue weighted by atomic mass is 16.2. The Morgan fingerprint density at radius 3 is 2.18 bits per heavy atom. The molecule has 4 nitrogen and oxygen atoms in total. The van der Waals surface area contributed by atoms with Crippen molar-refractivity contribution in [3.05, 3.63) is 35.4 Å². The standard InChI is InChI=1S/C18H29N3O/c1-14(2)17-7-5-16(6-8-17)13-20-9-11-21(12-10-20)15(3)18(22)19-4/h5-8,14-15H,9-13H2,1-4H3,(H,19,22)/p+2/t15-/m1/s1. The highest BCUT2D eigenvalue weighted by Gasteiger charge is 2.30. The minimum atomic E-state index is 0.0666. The van der Waals surface area contributed by atoms with Gasteiger partial charge in [0.1, 0.15) is 32.7 Å². The largest absolute Gasteiger partial charge is 0.354 e. The van der Waals surface area contributed by atoms with Gasteiger partial charge >= 0.3 is 0 Å². The normalized spacial score (nSPS) is 23.3. The smallest absolute Gasteiger partial charge is 0.277 e. The molecular formula is C18H31N3O+2. The molecular weight excluding hydrogens is 274 g/mol. The van der Waals surface area contributed by atoms with Crippen molar-refractivity contribution in [3.63, 3.8) is 0 Å². The highest BCUT2D eigenvalue weighted by molar-refractivity contribution is 5.79. The fourth-order valence-corrected chi connectivity index (χ4v) is 3.25. The molecule has 1 amide bonds. The van der Waals surface area contributed by atoms with E-state index in [9.17, 15) is 4.79 Å². The molecule has 1 aromatic rings. The number of hydrogen-bond donors (Lipinski definition) is 3. The predicted octanol–water partition coefficient (Wildman–Crippen LogP) is -0.772. The molecule has 0 bridgehead atoms. The monoisotopic (exact) mass is 305 g/mol. The Morgan fingerprint density at radius 2 is 1.68 bits per heavy atom. The van der Waals surface area contributed by atoms with Gasteiger partial charge < -0.3 is 15.1 Å². The zero-order valence-electron chi connectivity index (χ0n) is 14.4. The average molecular weight is 305 g/mol. The number of piperazine rings is 1. The fraction of sp³-hybridized carbons (Fsp3) is 0.611. The first kappa shape index (κ1) is 17.0. The second-order valence-electron chi connectivity index (χ2n) is 6.82. The number of hydrogen-bond acceptors (Lipinski definition) is 1. The SMILES string of the molecule is CNC(=O)[C@@H](C)[NH+]1CC[NH+](Cc2ccc(C(C)C)cc2)CC1. The van der Waals surface area contributed by atoms with Crippen molar-refractivity contribution in [1.82, 2.24) is 5.32 Å². The van der Waals surface area contributed by atoms with Gasteiger partial charge in [-0.2, -0.15) is 0 Å². The third-order valence-electron chi connectivity index (χ3n) is 4.95. The molecule has 0 unspecified atom stereocenters. The van der Waals surface area contributed by atoms with Gasteiger partial charge in [0.15, 0.2) is 6.04 Å². The number of likely N-dealkylation sites (N-methyl/N-ethyl adjacent to an activating group) is 1. The molecule has 0 saturated carbocycles. The molecule has 22 heavy (non-hydrogen) atoms. The van der Waals surface area contributed by atoms with Crippen LogP contribution in [0.3, 0.4) is 0 Å². The lowest BCUT2D eigenvalue weighted by Gasteiger charge is -2.32. The van der Waals surface area contributed by atoms with Crippen LogP contribution in [-0.2, 0) is 11.3 Å². The van der Waals surface area contributed by atoms with Gasteiger partial charge in [0.2, 0.25) is 0 Å². The van der Waals surface area contributed by atoms with E-state index in [4.69, 9.17) is 0 Å². The summed E-state index contributed by atoms with van der Waals surface area (Å²) in [6.07, 6.45) is 0. The maximum atomic E-state index is 11.7. The summed E-state index contributed by atoms with van der Waals surface area (Å²) in [6.45, 7) is 12.0. The number of quaternary nitrogens is 2. The molecule has 4 heteroatoms. The summed E-state index contributed by atoms with van der Waals surface area (Å²) in [7, 11) is 1.72. The summed E-state index contributed by atoms with van der Waals surface area (Å²) >= 11 is 0. The van der Waals surface area contributed by atoms with E-state index in [1.165, 1.54) is 16.0 Å². The van der Waals surface area contributed by atoms with E-state index in [2.05, 4.69) is 43.4 Å². The van der Waals surface area contributed by atoms with E-state index in [1.54, 1.807) is 11.9 Å². The van der Waals surface area contributed by atoms with E-state index in [0.717, 1.165) is 32.7 Å². The van der Waals surface area contributed by atoms with Crippen LogP contribution in [0.1, 0.15) is 37.8 Å². The Balaban J connectivity index is 1.83. The van der Waals surface area contributed by atoms with Crippen molar-refractivity contribution in [2.24, 2.45) is 0 Å². The van der Waals surface area contributed by atoms with Gasteiger partial charge in [-0.05, 0) is 18.4 Å². The molecule has 0 radical (unpaired) electrons. The predicted molar refractivity (Wildman–Crippen MR) is 89.2 cm³/mol. The van der Waals surface area contributed by atoms with Crippen molar-refractivity contribution >= 4 is 5.91 Å². The Kier molecular flexibility index (Phi) is 5.98. The lowest BCUT2D eigenvalue weighted by atomic mass is 10.0. The Hall–Kier alpha value is -1.39. The second kappa shape index (κ2) is 7.75. The lowest BCUT2D eigenvalue weighted by Crippen LogP contribution is -3.29. The van der Waals surface area contributed by atoms with E-state index in [1.807, 2.05) is 6.92 Å². The van der Waals surface area contributed by atoms with Crippen LogP contribution in [0.4, 0.5) is 0 Å². The molecule has 1 atom stereocenters. The molecule has 3 N–H and O–H groups in total. The van der Waals surface area contributed by atoms with E-state index in [-0.39, 0.29) is 11.9 Å². The molecule has 122 valence electrons. The summed E-state index contributed by atoms with van der Waals surface area (Å²) in [5, 5.41) is 2.76. The van der Waals surface area contributed by atoms with Crippen molar-refractivity contribution < 1.29 is 14.6 Å². The Labute approximate surface area is 134 Å². The van der Waals surface area contributed by atoms with Crippen molar-refractivity contribution in [1.29, 1.82) is 0 Å². The summed E-state index contributed by atoms with van der Waals surface area (Å²) in [4.78, 5) is 14.8. The molecule has 1 fully saturated rings. The number of benzene rings is 1. The molecule has 1 aromatic carbocycles. The van der Waals surface area contributed by atoms with Crippen molar-refractivity contribution in [2.75, 3.05) is 33.2 Å². The molecule has 1 heterocycles. The molecule has 0 aliphatic carbocycles. The van der Waals surface area contributed by atoms with Crippen LogP contribution in [0, 0.1) is 0 Å². The number of nitrogens with one attached hydrogen (secondary N) is 3. The fourth-order valence-electron chi connectivity index (χ4n) is 3.25. The van der Waals surface area contributed by atoms with Gasteiger partial charge in [-0.1, -0.05) is 38.1 Å². The van der Waals surface area contributed by atoms with E-state index >= 15 is 0 Å². The third kappa shape index (κ3) is 4.31. The van der Waals surface area contributed by atoms with Crippen LogP contribution in [0.15, 0.2) is 24.3 Å². The zero-order chi connectivity index (χ0) is 16.1. The quantitative estimate of drug-likeness (QED) is 0.657.